The van der Waals surface area contributed by atoms with E-state index in [1.165, 1.54) is 12.5 Å². The van der Waals surface area contributed by atoms with Crippen molar-refractivity contribution in [2.75, 3.05) is 19.5 Å². The zero-order valence-corrected chi connectivity index (χ0v) is 10.8. The number of anilines is 1. The molecule has 0 fully saturated rings. The third kappa shape index (κ3) is 2.52. The SMILES string of the molecule is CCOC(=O)c1cncn1-c1ccc(OC)c(N)c1. The quantitative estimate of drug-likeness (QED) is 0.668. The van der Waals surface area contributed by atoms with E-state index in [9.17, 15) is 4.79 Å². The summed E-state index contributed by atoms with van der Waals surface area (Å²) < 4.78 is 11.7. The normalized spacial score (nSPS) is 10.2. The van der Waals surface area contributed by atoms with Crippen molar-refractivity contribution >= 4 is 11.7 Å². The Morgan fingerprint density at radius 1 is 1.47 bits per heavy atom. The van der Waals surface area contributed by atoms with Crippen LogP contribution in [0.3, 0.4) is 0 Å². The van der Waals surface area contributed by atoms with Crippen LogP contribution < -0.4 is 10.5 Å². The van der Waals surface area contributed by atoms with Gasteiger partial charge in [-0.2, -0.15) is 0 Å². The fourth-order valence-electron chi connectivity index (χ4n) is 1.73. The van der Waals surface area contributed by atoms with E-state index in [1.54, 1.807) is 36.8 Å². The van der Waals surface area contributed by atoms with Crippen molar-refractivity contribution in [2.45, 2.75) is 6.92 Å². The van der Waals surface area contributed by atoms with Crippen molar-refractivity contribution in [3.8, 4) is 11.4 Å². The Hall–Kier alpha value is -2.50. The van der Waals surface area contributed by atoms with Gasteiger partial charge in [-0.3, -0.25) is 4.57 Å². The number of esters is 1. The zero-order chi connectivity index (χ0) is 13.8. The largest absolute Gasteiger partial charge is 0.495 e. The summed E-state index contributed by atoms with van der Waals surface area (Å²) >= 11 is 0. The van der Waals surface area contributed by atoms with E-state index in [0.29, 0.717) is 23.7 Å². The molecule has 0 aliphatic carbocycles. The molecule has 0 atom stereocenters. The number of nitrogen functional groups attached to an aromatic ring is 1. The first-order chi connectivity index (χ1) is 9.17. The van der Waals surface area contributed by atoms with Crippen molar-refractivity contribution in [1.29, 1.82) is 0 Å². The number of carbonyl (C=O) groups excluding carboxylic acids is 1. The number of hydrogen-bond acceptors (Lipinski definition) is 5. The molecular weight excluding hydrogens is 246 g/mol. The molecule has 2 N–H and O–H groups in total. The second-order valence-corrected chi connectivity index (χ2v) is 3.80. The topological polar surface area (TPSA) is 79.4 Å². The lowest BCUT2D eigenvalue weighted by Crippen LogP contribution is -2.10. The predicted molar refractivity (Wildman–Crippen MR) is 70.5 cm³/mol. The smallest absolute Gasteiger partial charge is 0.356 e. The fraction of sp³-hybridized carbons (Fsp3) is 0.231. The van der Waals surface area contributed by atoms with Crippen molar-refractivity contribution < 1.29 is 14.3 Å². The van der Waals surface area contributed by atoms with Gasteiger partial charge in [-0.15, -0.1) is 0 Å². The lowest BCUT2D eigenvalue weighted by Gasteiger charge is -2.10. The average molecular weight is 261 g/mol. The minimum absolute atomic E-state index is 0.314. The molecule has 1 heterocycles. The van der Waals surface area contributed by atoms with E-state index >= 15 is 0 Å². The van der Waals surface area contributed by atoms with Crippen LogP contribution in [0.4, 0.5) is 5.69 Å². The minimum atomic E-state index is -0.422. The maximum atomic E-state index is 11.8. The van der Waals surface area contributed by atoms with Crippen molar-refractivity contribution in [3.05, 3.63) is 36.4 Å². The minimum Gasteiger partial charge on any atom is -0.495 e. The lowest BCUT2D eigenvalue weighted by atomic mass is 10.2. The van der Waals surface area contributed by atoms with Crippen LogP contribution in [0.2, 0.25) is 0 Å². The summed E-state index contributed by atoms with van der Waals surface area (Å²) in [5.41, 5.74) is 7.41. The summed E-state index contributed by atoms with van der Waals surface area (Å²) in [6.45, 7) is 2.07. The highest BCUT2D eigenvalue weighted by Gasteiger charge is 2.14. The van der Waals surface area contributed by atoms with Crippen molar-refractivity contribution in [3.63, 3.8) is 0 Å². The Balaban J connectivity index is 2.40. The molecule has 0 unspecified atom stereocenters. The average Bonchev–Trinajstić information content (AvgIpc) is 2.88. The molecule has 0 amide bonds. The molecule has 2 rings (SSSR count). The Bertz CT molecular complexity index is 593. The summed E-state index contributed by atoms with van der Waals surface area (Å²) in [6.07, 6.45) is 2.99. The second kappa shape index (κ2) is 5.43. The molecule has 0 saturated heterocycles. The van der Waals surface area contributed by atoms with Crippen LogP contribution in [0.25, 0.3) is 5.69 Å². The van der Waals surface area contributed by atoms with Crippen LogP contribution in [0.1, 0.15) is 17.4 Å². The summed E-state index contributed by atoms with van der Waals surface area (Å²) in [7, 11) is 1.55. The molecule has 100 valence electrons. The van der Waals surface area contributed by atoms with Gasteiger partial charge in [0.1, 0.15) is 5.75 Å². The summed E-state index contributed by atoms with van der Waals surface area (Å²) in [5, 5.41) is 0. The summed E-state index contributed by atoms with van der Waals surface area (Å²) in [4.78, 5) is 15.7. The molecule has 0 radical (unpaired) electrons. The monoisotopic (exact) mass is 261 g/mol. The standard InChI is InChI=1S/C13H15N3O3/c1-3-19-13(17)11-7-15-8-16(11)9-4-5-12(18-2)10(14)6-9/h4-8H,3,14H2,1-2H3. The number of imidazole rings is 1. The number of aromatic nitrogens is 2. The Labute approximate surface area is 110 Å². The number of hydrogen-bond donors (Lipinski definition) is 1. The number of ether oxygens (including phenoxy) is 2. The van der Waals surface area contributed by atoms with E-state index in [4.69, 9.17) is 15.2 Å². The molecule has 1 aromatic carbocycles. The van der Waals surface area contributed by atoms with Crippen LogP contribution in [0.5, 0.6) is 5.75 Å². The lowest BCUT2D eigenvalue weighted by molar-refractivity contribution is 0.0517. The maximum Gasteiger partial charge on any atom is 0.356 e. The van der Waals surface area contributed by atoms with Gasteiger partial charge in [0.05, 0.1) is 31.9 Å². The number of nitrogens with two attached hydrogens (primary N) is 1. The van der Waals surface area contributed by atoms with Gasteiger partial charge in [-0.25, -0.2) is 9.78 Å². The number of nitrogens with zero attached hydrogens (tertiary/aromatic N) is 2. The molecular formula is C13H15N3O3. The number of benzene rings is 1. The van der Waals surface area contributed by atoms with Crippen LogP contribution in [0, 0.1) is 0 Å². The van der Waals surface area contributed by atoms with Crippen LogP contribution in [-0.2, 0) is 4.74 Å². The Morgan fingerprint density at radius 3 is 2.89 bits per heavy atom. The third-order valence-corrected chi connectivity index (χ3v) is 2.61. The van der Waals surface area contributed by atoms with E-state index in [-0.39, 0.29) is 0 Å². The first-order valence-electron chi connectivity index (χ1n) is 5.80. The van der Waals surface area contributed by atoms with Gasteiger partial charge in [0.25, 0.3) is 0 Å². The third-order valence-electron chi connectivity index (χ3n) is 2.61. The van der Waals surface area contributed by atoms with Crippen LogP contribution in [-0.4, -0.2) is 29.2 Å². The molecule has 2 aromatic rings. The van der Waals surface area contributed by atoms with E-state index in [1.807, 2.05) is 0 Å². The molecule has 6 nitrogen and oxygen atoms in total. The Kier molecular flexibility index (Phi) is 3.70. The molecule has 19 heavy (non-hydrogen) atoms. The molecule has 0 saturated carbocycles. The number of carbonyl (C=O) groups is 1. The zero-order valence-electron chi connectivity index (χ0n) is 10.8. The van der Waals surface area contributed by atoms with Gasteiger partial charge >= 0.3 is 5.97 Å². The predicted octanol–water partition coefficient (Wildman–Crippen LogP) is 1.64. The molecule has 6 heteroatoms. The van der Waals surface area contributed by atoms with Gasteiger partial charge in [0.2, 0.25) is 0 Å². The molecule has 0 aliphatic rings. The molecule has 0 spiro atoms. The van der Waals surface area contributed by atoms with Gasteiger partial charge in [0, 0.05) is 5.69 Å². The molecule has 0 bridgehead atoms. The highest BCUT2D eigenvalue weighted by molar-refractivity contribution is 5.88. The first kappa shape index (κ1) is 12.9. The molecule has 1 aromatic heterocycles. The maximum absolute atomic E-state index is 11.8. The van der Waals surface area contributed by atoms with Crippen molar-refractivity contribution in [1.82, 2.24) is 9.55 Å². The molecule has 0 aliphatic heterocycles. The Morgan fingerprint density at radius 2 is 2.26 bits per heavy atom. The number of methoxy groups -OCH3 is 1. The highest BCUT2D eigenvalue weighted by Crippen LogP contribution is 2.24. The van der Waals surface area contributed by atoms with E-state index in [2.05, 4.69) is 4.98 Å². The van der Waals surface area contributed by atoms with Gasteiger partial charge < -0.3 is 15.2 Å². The van der Waals surface area contributed by atoms with Gasteiger partial charge in [0.15, 0.2) is 5.69 Å². The van der Waals surface area contributed by atoms with Gasteiger partial charge in [-0.05, 0) is 25.1 Å². The fourth-order valence-corrected chi connectivity index (χ4v) is 1.73. The highest BCUT2D eigenvalue weighted by atomic mass is 16.5. The van der Waals surface area contributed by atoms with E-state index in [0.717, 1.165) is 5.69 Å². The van der Waals surface area contributed by atoms with Crippen molar-refractivity contribution in [2.24, 2.45) is 0 Å². The van der Waals surface area contributed by atoms with E-state index < -0.39 is 5.97 Å². The second-order valence-electron chi connectivity index (χ2n) is 3.80. The summed E-state index contributed by atoms with van der Waals surface area (Å²) in [6, 6.07) is 5.24. The first-order valence-corrected chi connectivity index (χ1v) is 5.80. The van der Waals surface area contributed by atoms with Crippen LogP contribution >= 0.6 is 0 Å². The number of rotatable bonds is 4. The van der Waals surface area contributed by atoms with Crippen LogP contribution in [0.15, 0.2) is 30.7 Å². The van der Waals surface area contributed by atoms with Gasteiger partial charge in [-0.1, -0.05) is 0 Å². The summed E-state index contributed by atoms with van der Waals surface area (Å²) in [5.74, 6) is 0.163.